The summed E-state index contributed by atoms with van der Waals surface area (Å²) in [5.74, 6) is 1.40. The van der Waals surface area contributed by atoms with Gasteiger partial charge in [-0.3, -0.25) is 0 Å². The summed E-state index contributed by atoms with van der Waals surface area (Å²) in [5.41, 5.74) is 0. The number of urea groups is 1. The van der Waals surface area contributed by atoms with Gasteiger partial charge in [-0.1, -0.05) is 6.92 Å². The summed E-state index contributed by atoms with van der Waals surface area (Å²) >= 11 is 1.77. The van der Waals surface area contributed by atoms with Crippen molar-refractivity contribution in [2.75, 3.05) is 25.7 Å². The minimum atomic E-state index is 0.0494. The van der Waals surface area contributed by atoms with Gasteiger partial charge in [-0.2, -0.15) is 11.8 Å². The fraction of sp³-hybridized carbons (Fsp3) is 0.929. The van der Waals surface area contributed by atoms with Crippen LogP contribution in [0.4, 0.5) is 4.79 Å². The Morgan fingerprint density at radius 1 is 1.42 bits per heavy atom. The number of hydrogen-bond acceptors (Lipinski definition) is 3. The van der Waals surface area contributed by atoms with Gasteiger partial charge in [-0.05, 0) is 44.3 Å². The van der Waals surface area contributed by atoms with Crippen molar-refractivity contribution in [1.82, 2.24) is 10.2 Å². The Bertz CT molecular complexity index is 268. The third-order valence-corrected chi connectivity index (χ3v) is 4.87. The third-order valence-electron chi connectivity index (χ3n) is 4.13. The Labute approximate surface area is 121 Å². The Kier molecular flexibility index (Phi) is 7.61. The SMILES string of the molecule is CCC(CSC)NC(=O)N(C)C1CCC(CO)CC1. The molecular formula is C14H28N2O2S. The normalized spacial score (nSPS) is 24.8. The zero-order valence-corrected chi connectivity index (χ0v) is 13.2. The molecule has 4 nitrogen and oxygen atoms in total. The van der Waals surface area contributed by atoms with Gasteiger partial charge in [0.2, 0.25) is 0 Å². The summed E-state index contributed by atoms with van der Waals surface area (Å²) in [7, 11) is 1.89. The number of nitrogens with zero attached hydrogens (tertiary/aromatic N) is 1. The molecule has 0 heterocycles. The van der Waals surface area contributed by atoms with E-state index in [2.05, 4.69) is 18.5 Å². The summed E-state index contributed by atoms with van der Waals surface area (Å²) in [4.78, 5) is 14.1. The molecule has 0 aromatic rings. The predicted molar refractivity (Wildman–Crippen MR) is 81.6 cm³/mol. The number of aliphatic hydroxyl groups is 1. The molecule has 1 rings (SSSR count). The molecule has 112 valence electrons. The van der Waals surface area contributed by atoms with Crippen molar-refractivity contribution in [3.8, 4) is 0 Å². The average Bonchev–Trinajstić information content (AvgIpc) is 2.45. The van der Waals surface area contributed by atoms with Gasteiger partial charge in [-0.15, -0.1) is 0 Å². The van der Waals surface area contributed by atoms with Crippen LogP contribution in [0.5, 0.6) is 0 Å². The lowest BCUT2D eigenvalue weighted by Gasteiger charge is -2.35. The van der Waals surface area contributed by atoms with Crippen molar-refractivity contribution in [1.29, 1.82) is 0 Å². The zero-order chi connectivity index (χ0) is 14.3. The van der Waals surface area contributed by atoms with Gasteiger partial charge in [0.1, 0.15) is 0 Å². The monoisotopic (exact) mass is 288 g/mol. The fourth-order valence-electron chi connectivity index (χ4n) is 2.62. The Balaban J connectivity index is 2.39. The molecule has 1 aliphatic carbocycles. The molecular weight excluding hydrogens is 260 g/mol. The first-order valence-electron chi connectivity index (χ1n) is 7.25. The molecule has 1 saturated carbocycles. The van der Waals surface area contributed by atoms with Crippen molar-refractivity contribution >= 4 is 17.8 Å². The minimum absolute atomic E-state index is 0.0494. The van der Waals surface area contributed by atoms with Crippen LogP contribution in [-0.4, -0.2) is 53.8 Å². The molecule has 0 aromatic carbocycles. The molecule has 1 atom stereocenters. The van der Waals surface area contributed by atoms with E-state index in [0.717, 1.165) is 37.9 Å². The van der Waals surface area contributed by atoms with Crippen LogP contribution >= 0.6 is 11.8 Å². The number of amides is 2. The molecule has 5 heteroatoms. The maximum Gasteiger partial charge on any atom is 0.317 e. The van der Waals surface area contributed by atoms with Crippen molar-refractivity contribution in [3.63, 3.8) is 0 Å². The van der Waals surface area contributed by atoms with Crippen LogP contribution in [0.1, 0.15) is 39.0 Å². The summed E-state index contributed by atoms with van der Waals surface area (Å²) in [5, 5.41) is 12.2. The number of carbonyl (C=O) groups is 1. The minimum Gasteiger partial charge on any atom is -0.396 e. The number of nitrogens with one attached hydrogen (secondary N) is 1. The molecule has 0 bridgehead atoms. The van der Waals surface area contributed by atoms with Crippen LogP contribution in [0.15, 0.2) is 0 Å². The number of carbonyl (C=O) groups excluding carboxylic acids is 1. The molecule has 1 unspecified atom stereocenters. The van der Waals surface area contributed by atoms with E-state index in [4.69, 9.17) is 5.11 Å². The average molecular weight is 288 g/mol. The molecule has 2 N–H and O–H groups in total. The van der Waals surface area contributed by atoms with Crippen LogP contribution in [0.3, 0.4) is 0 Å². The number of hydrogen-bond donors (Lipinski definition) is 2. The third kappa shape index (κ3) is 5.22. The van der Waals surface area contributed by atoms with Crippen molar-refractivity contribution in [3.05, 3.63) is 0 Å². The van der Waals surface area contributed by atoms with Crippen molar-refractivity contribution in [2.45, 2.75) is 51.1 Å². The lowest BCUT2D eigenvalue weighted by molar-refractivity contribution is 0.133. The lowest BCUT2D eigenvalue weighted by atomic mass is 9.86. The van der Waals surface area contributed by atoms with Gasteiger partial charge in [0, 0.05) is 31.5 Å². The number of aliphatic hydroxyl groups excluding tert-OH is 1. The van der Waals surface area contributed by atoms with E-state index >= 15 is 0 Å². The molecule has 1 aliphatic rings. The van der Waals surface area contributed by atoms with Gasteiger partial charge in [-0.25, -0.2) is 4.79 Å². The van der Waals surface area contributed by atoms with E-state index in [-0.39, 0.29) is 18.7 Å². The predicted octanol–water partition coefficient (Wildman–Crippen LogP) is 2.32. The molecule has 2 amide bonds. The quantitative estimate of drug-likeness (QED) is 0.788. The van der Waals surface area contributed by atoms with E-state index < -0.39 is 0 Å². The second-order valence-electron chi connectivity index (χ2n) is 5.48. The van der Waals surface area contributed by atoms with Crippen LogP contribution in [0.2, 0.25) is 0 Å². The molecule has 0 spiro atoms. The molecule has 0 aliphatic heterocycles. The molecule has 0 aromatic heterocycles. The summed E-state index contributed by atoms with van der Waals surface area (Å²) in [6.45, 7) is 2.39. The van der Waals surface area contributed by atoms with E-state index in [0.29, 0.717) is 12.0 Å². The van der Waals surface area contributed by atoms with Gasteiger partial charge in [0.15, 0.2) is 0 Å². The highest BCUT2D eigenvalue weighted by Crippen LogP contribution is 2.26. The highest BCUT2D eigenvalue weighted by Gasteiger charge is 2.26. The lowest BCUT2D eigenvalue weighted by Crippen LogP contribution is -2.48. The Hall–Kier alpha value is -0.420. The fourth-order valence-corrected chi connectivity index (χ4v) is 3.34. The first kappa shape index (κ1) is 16.6. The van der Waals surface area contributed by atoms with E-state index in [1.54, 1.807) is 11.8 Å². The van der Waals surface area contributed by atoms with Crippen LogP contribution in [0.25, 0.3) is 0 Å². The molecule has 19 heavy (non-hydrogen) atoms. The highest BCUT2D eigenvalue weighted by atomic mass is 32.2. The molecule has 1 fully saturated rings. The summed E-state index contributed by atoms with van der Waals surface area (Å²) < 4.78 is 0. The Morgan fingerprint density at radius 2 is 2.05 bits per heavy atom. The van der Waals surface area contributed by atoms with Crippen molar-refractivity contribution in [2.24, 2.45) is 5.92 Å². The Morgan fingerprint density at radius 3 is 2.53 bits per heavy atom. The van der Waals surface area contributed by atoms with E-state index in [1.807, 2.05) is 11.9 Å². The van der Waals surface area contributed by atoms with Crippen LogP contribution < -0.4 is 5.32 Å². The van der Waals surface area contributed by atoms with Crippen LogP contribution in [0, 0.1) is 5.92 Å². The smallest absolute Gasteiger partial charge is 0.317 e. The van der Waals surface area contributed by atoms with Crippen molar-refractivity contribution < 1.29 is 9.90 Å². The summed E-state index contributed by atoms with van der Waals surface area (Å²) in [6, 6.07) is 0.640. The largest absolute Gasteiger partial charge is 0.396 e. The van der Waals surface area contributed by atoms with Gasteiger partial charge in [0.05, 0.1) is 0 Å². The zero-order valence-electron chi connectivity index (χ0n) is 12.4. The topological polar surface area (TPSA) is 52.6 Å². The number of thioether (sulfide) groups is 1. The van der Waals surface area contributed by atoms with E-state index in [1.165, 1.54) is 0 Å². The number of rotatable bonds is 6. The first-order valence-corrected chi connectivity index (χ1v) is 8.64. The van der Waals surface area contributed by atoms with Gasteiger partial charge < -0.3 is 15.3 Å². The van der Waals surface area contributed by atoms with Gasteiger partial charge >= 0.3 is 6.03 Å². The maximum atomic E-state index is 12.2. The second kappa shape index (κ2) is 8.69. The molecule has 0 saturated heterocycles. The van der Waals surface area contributed by atoms with E-state index in [9.17, 15) is 4.79 Å². The maximum absolute atomic E-state index is 12.2. The van der Waals surface area contributed by atoms with Crippen LogP contribution in [-0.2, 0) is 0 Å². The first-order chi connectivity index (χ1) is 9.12. The highest BCUT2D eigenvalue weighted by molar-refractivity contribution is 7.98. The summed E-state index contributed by atoms with van der Waals surface area (Å²) in [6.07, 6.45) is 7.11. The van der Waals surface area contributed by atoms with Gasteiger partial charge in [0.25, 0.3) is 0 Å². The molecule has 0 radical (unpaired) electrons. The second-order valence-corrected chi connectivity index (χ2v) is 6.39. The standard InChI is InChI=1S/C14H28N2O2S/c1-4-12(10-19-3)15-14(18)16(2)13-7-5-11(9-17)6-8-13/h11-13,17H,4-10H2,1-3H3,(H,15,18).